The van der Waals surface area contributed by atoms with E-state index < -0.39 is 0 Å². The molecule has 0 atom stereocenters. The SMILES string of the molecule is C=C1/C=C(c2cccc(C#N)c2)\N=C(\c2cccc(-c3ccc4c5ccccc5c5ccccc5c4c3)c2)C/C=C\1c1ccc(-c2ccccc2)cc1. The minimum absolute atomic E-state index is 0.596. The molecule has 0 spiro atoms. The number of benzene rings is 8. The molecule has 9 rings (SSSR count). The average molecular weight is 675 g/mol. The Kier molecular flexibility index (Phi) is 8.16. The summed E-state index contributed by atoms with van der Waals surface area (Å²) in [6, 6.07) is 62.0. The maximum Gasteiger partial charge on any atom is 0.0991 e. The number of nitrogens with zero attached hydrogens (tertiary/aromatic N) is 2. The Morgan fingerprint density at radius 3 is 1.70 bits per heavy atom. The van der Waals surface area contributed by atoms with E-state index >= 15 is 0 Å². The van der Waals surface area contributed by atoms with Crippen LogP contribution >= 0.6 is 0 Å². The lowest BCUT2D eigenvalue weighted by molar-refractivity contribution is 1.36. The number of rotatable bonds is 5. The standard InChI is InChI=1S/C51H34N2/c1-34-29-51(41-15-9-11-35(30-41)33-52)53-50(28-27-43(34)38-23-21-37(22-24-38)36-12-3-2-4-13-36)42-16-10-14-39(31-42)40-25-26-48-46-19-6-5-17-44(46)45-18-7-8-20-47(45)49(48)32-40/h2-27,29-32H,1,28H2/b43-27+,51-29-,53-50+. The van der Waals surface area contributed by atoms with Crippen molar-refractivity contribution in [3.8, 4) is 28.3 Å². The van der Waals surface area contributed by atoms with Gasteiger partial charge in [-0.2, -0.15) is 5.26 Å². The zero-order chi connectivity index (χ0) is 35.7. The van der Waals surface area contributed by atoms with Crippen LogP contribution in [-0.2, 0) is 0 Å². The van der Waals surface area contributed by atoms with Crippen molar-refractivity contribution in [2.45, 2.75) is 6.42 Å². The number of nitriles is 1. The van der Waals surface area contributed by atoms with Gasteiger partial charge in [-0.25, -0.2) is 0 Å². The highest BCUT2D eigenvalue weighted by Gasteiger charge is 2.16. The topological polar surface area (TPSA) is 36.1 Å². The molecule has 0 saturated heterocycles. The van der Waals surface area contributed by atoms with Crippen LogP contribution in [0.3, 0.4) is 0 Å². The summed E-state index contributed by atoms with van der Waals surface area (Å²) in [7, 11) is 0. The first-order valence-electron chi connectivity index (χ1n) is 17.9. The van der Waals surface area contributed by atoms with Gasteiger partial charge in [0.1, 0.15) is 0 Å². The Morgan fingerprint density at radius 1 is 0.453 bits per heavy atom. The molecular weight excluding hydrogens is 641 g/mol. The fraction of sp³-hybridized carbons (Fsp3) is 0.0196. The zero-order valence-electron chi connectivity index (χ0n) is 29.1. The highest BCUT2D eigenvalue weighted by atomic mass is 14.8. The van der Waals surface area contributed by atoms with E-state index in [0.29, 0.717) is 12.0 Å². The van der Waals surface area contributed by atoms with Crippen LogP contribution in [0.2, 0.25) is 0 Å². The maximum absolute atomic E-state index is 9.72. The molecule has 1 aliphatic heterocycles. The molecule has 0 N–H and O–H groups in total. The van der Waals surface area contributed by atoms with Gasteiger partial charge in [-0.15, -0.1) is 0 Å². The van der Waals surface area contributed by atoms with Crippen LogP contribution < -0.4 is 0 Å². The van der Waals surface area contributed by atoms with E-state index in [1.807, 2.05) is 30.3 Å². The zero-order valence-corrected chi connectivity index (χ0v) is 29.1. The molecule has 0 unspecified atom stereocenters. The summed E-state index contributed by atoms with van der Waals surface area (Å²) in [5.41, 5.74) is 11.9. The second kappa shape index (κ2) is 13.6. The Morgan fingerprint density at radius 2 is 0.981 bits per heavy atom. The van der Waals surface area contributed by atoms with Crippen molar-refractivity contribution in [2.75, 3.05) is 0 Å². The number of hydrogen-bond acceptors (Lipinski definition) is 2. The predicted molar refractivity (Wildman–Crippen MR) is 224 cm³/mol. The van der Waals surface area contributed by atoms with Crippen LogP contribution in [-0.4, -0.2) is 5.71 Å². The van der Waals surface area contributed by atoms with Gasteiger partial charge in [0.25, 0.3) is 0 Å². The first-order chi connectivity index (χ1) is 26.1. The van der Waals surface area contributed by atoms with Gasteiger partial charge in [0.15, 0.2) is 0 Å². The number of fused-ring (bicyclic) bond motifs is 6. The molecule has 2 heteroatoms. The molecule has 0 amide bonds. The summed E-state index contributed by atoms with van der Waals surface area (Å²) in [6.07, 6.45) is 4.91. The largest absolute Gasteiger partial charge is 0.252 e. The van der Waals surface area contributed by atoms with Gasteiger partial charge in [-0.1, -0.05) is 158 Å². The summed E-state index contributed by atoms with van der Waals surface area (Å²) in [5, 5.41) is 17.3. The van der Waals surface area contributed by atoms with Crippen molar-refractivity contribution in [3.05, 3.63) is 216 Å². The molecule has 0 saturated carbocycles. The van der Waals surface area contributed by atoms with Crippen LogP contribution in [0, 0.1) is 11.3 Å². The van der Waals surface area contributed by atoms with Crippen LogP contribution in [0.5, 0.6) is 0 Å². The van der Waals surface area contributed by atoms with Crippen molar-refractivity contribution < 1.29 is 0 Å². The van der Waals surface area contributed by atoms with Gasteiger partial charge in [0, 0.05) is 12.0 Å². The van der Waals surface area contributed by atoms with Gasteiger partial charge < -0.3 is 0 Å². The Hall–Kier alpha value is -7.08. The molecule has 0 fully saturated rings. The first kappa shape index (κ1) is 31.9. The van der Waals surface area contributed by atoms with E-state index in [9.17, 15) is 5.26 Å². The highest BCUT2D eigenvalue weighted by Crippen LogP contribution is 2.38. The first-order valence-corrected chi connectivity index (χ1v) is 17.9. The third-order valence-electron chi connectivity index (χ3n) is 10.3. The summed E-state index contributed by atoms with van der Waals surface area (Å²) < 4.78 is 0. The smallest absolute Gasteiger partial charge is 0.0991 e. The average Bonchev–Trinajstić information content (AvgIpc) is 3.22. The fourth-order valence-corrected chi connectivity index (χ4v) is 7.62. The lowest BCUT2D eigenvalue weighted by atomic mass is 9.90. The van der Waals surface area contributed by atoms with Crippen LogP contribution in [0.15, 0.2) is 199 Å². The maximum atomic E-state index is 9.72. The minimum Gasteiger partial charge on any atom is -0.252 e. The second-order valence-corrected chi connectivity index (χ2v) is 13.5. The summed E-state index contributed by atoms with van der Waals surface area (Å²) >= 11 is 0. The molecule has 1 heterocycles. The molecule has 2 nitrogen and oxygen atoms in total. The molecule has 248 valence electrons. The van der Waals surface area contributed by atoms with Crippen molar-refractivity contribution in [2.24, 2.45) is 4.99 Å². The Bertz CT molecular complexity index is 2830. The molecule has 8 aromatic rings. The minimum atomic E-state index is 0.596. The van der Waals surface area contributed by atoms with E-state index in [4.69, 9.17) is 4.99 Å². The number of allylic oxidation sites excluding steroid dienone is 4. The molecule has 0 radical (unpaired) electrons. The van der Waals surface area contributed by atoms with Crippen molar-refractivity contribution >= 4 is 49.3 Å². The number of aliphatic imine (C=N–C) groups is 1. The molecular formula is C51H34N2. The number of hydrogen-bond donors (Lipinski definition) is 0. The van der Waals surface area contributed by atoms with E-state index in [0.717, 1.165) is 50.4 Å². The lowest BCUT2D eigenvalue weighted by Crippen LogP contribution is -2.04. The van der Waals surface area contributed by atoms with E-state index in [1.165, 1.54) is 43.4 Å². The molecule has 53 heavy (non-hydrogen) atoms. The van der Waals surface area contributed by atoms with Gasteiger partial charge >= 0.3 is 0 Å². The van der Waals surface area contributed by atoms with Gasteiger partial charge in [0.05, 0.1) is 23.0 Å². The fourth-order valence-electron chi connectivity index (χ4n) is 7.62. The third-order valence-corrected chi connectivity index (χ3v) is 10.3. The molecule has 0 aromatic heterocycles. The van der Waals surface area contributed by atoms with Gasteiger partial charge in [-0.3, -0.25) is 4.99 Å². The Labute approximate surface area is 309 Å². The van der Waals surface area contributed by atoms with E-state index in [2.05, 4.69) is 164 Å². The van der Waals surface area contributed by atoms with Crippen LogP contribution in [0.1, 0.15) is 28.7 Å². The third kappa shape index (κ3) is 6.05. The van der Waals surface area contributed by atoms with Crippen LogP contribution in [0.4, 0.5) is 0 Å². The highest BCUT2D eigenvalue weighted by molar-refractivity contribution is 6.25. The van der Waals surface area contributed by atoms with E-state index in [1.54, 1.807) is 0 Å². The second-order valence-electron chi connectivity index (χ2n) is 13.5. The van der Waals surface area contributed by atoms with Crippen molar-refractivity contribution in [1.29, 1.82) is 5.26 Å². The molecule has 0 aliphatic carbocycles. The Balaban J connectivity index is 1.15. The summed E-state index contributed by atoms with van der Waals surface area (Å²) in [6.45, 7) is 4.51. The molecule has 1 aliphatic rings. The lowest BCUT2D eigenvalue weighted by Gasteiger charge is -2.17. The molecule has 8 aromatic carbocycles. The van der Waals surface area contributed by atoms with Gasteiger partial charge in [0.2, 0.25) is 0 Å². The van der Waals surface area contributed by atoms with Crippen LogP contribution in [0.25, 0.3) is 65.8 Å². The van der Waals surface area contributed by atoms with Gasteiger partial charge in [-0.05, 0) is 107 Å². The summed E-state index contributed by atoms with van der Waals surface area (Å²) in [4.78, 5) is 5.31. The molecule has 0 bridgehead atoms. The quantitative estimate of drug-likeness (QED) is 0.167. The summed E-state index contributed by atoms with van der Waals surface area (Å²) in [5.74, 6) is 0. The monoisotopic (exact) mass is 674 g/mol. The normalized spacial score (nSPS) is 16.1. The van der Waals surface area contributed by atoms with Crippen molar-refractivity contribution in [1.82, 2.24) is 0 Å². The van der Waals surface area contributed by atoms with E-state index in [-0.39, 0.29) is 0 Å². The van der Waals surface area contributed by atoms with Crippen molar-refractivity contribution in [3.63, 3.8) is 0 Å². The predicted octanol–water partition coefficient (Wildman–Crippen LogP) is 13.2.